The molecule has 4 N–H and O–H groups in total. The number of carbonyl (C=O) groups is 1. The number of carboxylic acid groups (broad SMARTS) is 1. The van der Waals surface area contributed by atoms with Gasteiger partial charge in [-0.1, -0.05) is 78.3 Å². The van der Waals surface area contributed by atoms with Gasteiger partial charge in [0.05, 0.1) is 12.1 Å². The summed E-state index contributed by atoms with van der Waals surface area (Å²) in [6.07, 6.45) is -5.85. The van der Waals surface area contributed by atoms with E-state index in [1.807, 2.05) is 54.6 Å². The predicted molar refractivity (Wildman–Crippen MR) is 109 cm³/mol. The lowest BCUT2D eigenvalue weighted by molar-refractivity contribution is -0.192. The van der Waals surface area contributed by atoms with Crippen LogP contribution in [0.5, 0.6) is 0 Å². The standard InChI is InChI=1S/C20H18ClNO.C2HF3O2/c21-18-12-10-16(11-13-18)19(22)20(23)17-8-6-15(7-9-17)14-4-2-1-3-5-14;3-2(4,5)1(6)7/h1-13,19-20,23H,22H2;(H,6,7). The number of halogens is 4. The highest BCUT2D eigenvalue weighted by molar-refractivity contribution is 6.30. The molecule has 0 saturated heterocycles. The molecule has 0 aliphatic carbocycles. The molecule has 4 nitrogen and oxygen atoms in total. The Labute approximate surface area is 176 Å². The first-order valence-corrected chi connectivity index (χ1v) is 9.12. The van der Waals surface area contributed by atoms with Gasteiger partial charge < -0.3 is 15.9 Å². The number of rotatable bonds is 4. The number of alkyl halides is 3. The lowest BCUT2D eigenvalue weighted by Gasteiger charge is -2.20. The minimum Gasteiger partial charge on any atom is -0.475 e. The summed E-state index contributed by atoms with van der Waals surface area (Å²) in [4.78, 5) is 8.90. The topological polar surface area (TPSA) is 83.5 Å². The first-order valence-electron chi connectivity index (χ1n) is 8.74. The molecule has 0 aromatic heterocycles. The summed E-state index contributed by atoms with van der Waals surface area (Å²) in [7, 11) is 0. The van der Waals surface area contributed by atoms with E-state index in [0.717, 1.165) is 22.3 Å². The van der Waals surface area contributed by atoms with E-state index in [0.29, 0.717) is 5.02 Å². The van der Waals surface area contributed by atoms with Gasteiger partial charge in [0.2, 0.25) is 0 Å². The van der Waals surface area contributed by atoms with Crippen molar-refractivity contribution in [3.05, 3.63) is 95.0 Å². The smallest absolute Gasteiger partial charge is 0.475 e. The van der Waals surface area contributed by atoms with E-state index in [4.69, 9.17) is 27.2 Å². The highest BCUT2D eigenvalue weighted by Gasteiger charge is 2.38. The van der Waals surface area contributed by atoms with Gasteiger partial charge in [-0.2, -0.15) is 13.2 Å². The number of aliphatic hydroxyl groups excluding tert-OH is 1. The molecular weight excluding hydrogens is 419 g/mol. The number of benzene rings is 3. The van der Waals surface area contributed by atoms with Crippen LogP contribution >= 0.6 is 11.6 Å². The van der Waals surface area contributed by atoms with Crippen molar-refractivity contribution >= 4 is 17.6 Å². The van der Waals surface area contributed by atoms with Crippen molar-refractivity contribution in [2.75, 3.05) is 0 Å². The third kappa shape index (κ3) is 6.59. The zero-order valence-corrected chi connectivity index (χ0v) is 16.3. The average Bonchev–Trinajstić information content (AvgIpc) is 2.74. The molecule has 0 amide bonds. The van der Waals surface area contributed by atoms with Gasteiger partial charge >= 0.3 is 12.1 Å². The van der Waals surface area contributed by atoms with Gasteiger partial charge in [-0.15, -0.1) is 0 Å². The fraction of sp³-hybridized carbons (Fsp3) is 0.136. The molecule has 30 heavy (non-hydrogen) atoms. The molecule has 0 spiro atoms. The normalized spacial score (nSPS) is 13.0. The molecule has 0 saturated carbocycles. The number of nitrogens with two attached hydrogens (primary N) is 1. The SMILES string of the molecule is NC(c1ccc(Cl)cc1)C(O)c1ccc(-c2ccccc2)cc1.O=C(O)C(F)(F)F. The summed E-state index contributed by atoms with van der Waals surface area (Å²) >= 11 is 5.89. The molecule has 2 unspecified atom stereocenters. The number of aliphatic carboxylic acids is 1. The van der Waals surface area contributed by atoms with Crippen LogP contribution in [0.4, 0.5) is 13.2 Å². The maximum atomic E-state index is 10.6. The maximum Gasteiger partial charge on any atom is 0.490 e. The minimum atomic E-state index is -5.08. The number of aliphatic hydroxyl groups is 1. The monoisotopic (exact) mass is 437 g/mol. The molecule has 0 radical (unpaired) electrons. The first-order chi connectivity index (χ1) is 14.1. The van der Waals surface area contributed by atoms with Gasteiger partial charge in [-0.25, -0.2) is 4.79 Å². The molecule has 0 heterocycles. The molecule has 3 rings (SSSR count). The second kappa shape index (κ2) is 10.2. The Kier molecular flexibility index (Phi) is 8.00. The number of carboxylic acids is 1. The Balaban J connectivity index is 0.000000396. The molecule has 8 heteroatoms. The van der Waals surface area contributed by atoms with E-state index >= 15 is 0 Å². The summed E-state index contributed by atoms with van der Waals surface area (Å²) in [6.45, 7) is 0. The van der Waals surface area contributed by atoms with Gasteiger partial charge in [-0.3, -0.25) is 0 Å². The Morgan fingerprint density at radius 2 is 1.27 bits per heavy atom. The summed E-state index contributed by atoms with van der Waals surface area (Å²) in [5.74, 6) is -2.76. The Hall–Kier alpha value is -2.87. The van der Waals surface area contributed by atoms with Crippen molar-refractivity contribution in [2.45, 2.75) is 18.3 Å². The molecular formula is C22H19ClF3NO3. The zero-order valence-electron chi connectivity index (χ0n) is 15.6. The highest BCUT2D eigenvalue weighted by atomic mass is 35.5. The molecule has 0 fully saturated rings. The van der Waals surface area contributed by atoms with E-state index in [-0.39, 0.29) is 0 Å². The van der Waals surface area contributed by atoms with Crippen LogP contribution in [0.25, 0.3) is 11.1 Å². The van der Waals surface area contributed by atoms with Crippen LogP contribution in [0.2, 0.25) is 5.02 Å². The maximum absolute atomic E-state index is 10.6. The van der Waals surface area contributed by atoms with E-state index < -0.39 is 24.3 Å². The third-order valence-electron chi connectivity index (χ3n) is 4.20. The van der Waals surface area contributed by atoms with Crippen LogP contribution in [0.3, 0.4) is 0 Å². The van der Waals surface area contributed by atoms with E-state index in [1.165, 1.54) is 0 Å². The second-order valence-electron chi connectivity index (χ2n) is 6.31. The van der Waals surface area contributed by atoms with E-state index in [1.54, 1.807) is 12.1 Å². The van der Waals surface area contributed by atoms with Crippen LogP contribution in [0.15, 0.2) is 78.9 Å². The first kappa shape index (κ1) is 23.4. The summed E-state index contributed by atoms with van der Waals surface area (Å²) in [6, 6.07) is 24.7. The van der Waals surface area contributed by atoms with Crippen molar-refractivity contribution < 1.29 is 28.2 Å². The van der Waals surface area contributed by atoms with E-state index in [2.05, 4.69) is 12.1 Å². The van der Waals surface area contributed by atoms with Crippen LogP contribution in [0.1, 0.15) is 23.3 Å². The van der Waals surface area contributed by atoms with Crippen LogP contribution in [-0.2, 0) is 4.79 Å². The van der Waals surface area contributed by atoms with Gasteiger partial charge in [-0.05, 0) is 34.4 Å². The highest BCUT2D eigenvalue weighted by Crippen LogP contribution is 2.29. The molecule has 158 valence electrons. The minimum absolute atomic E-state index is 0.491. The Morgan fingerprint density at radius 1 is 0.833 bits per heavy atom. The summed E-state index contributed by atoms with van der Waals surface area (Å²) < 4.78 is 31.7. The van der Waals surface area contributed by atoms with Crippen LogP contribution < -0.4 is 5.73 Å². The summed E-state index contributed by atoms with van der Waals surface area (Å²) in [5, 5.41) is 18.3. The van der Waals surface area contributed by atoms with Crippen molar-refractivity contribution in [1.29, 1.82) is 0 Å². The van der Waals surface area contributed by atoms with Crippen LogP contribution in [0, 0.1) is 0 Å². The molecule has 2 atom stereocenters. The fourth-order valence-electron chi connectivity index (χ4n) is 2.58. The quantitative estimate of drug-likeness (QED) is 0.512. The van der Waals surface area contributed by atoms with Crippen molar-refractivity contribution in [3.8, 4) is 11.1 Å². The van der Waals surface area contributed by atoms with Crippen molar-refractivity contribution in [3.63, 3.8) is 0 Å². The molecule has 3 aromatic rings. The number of hydrogen-bond acceptors (Lipinski definition) is 3. The molecule has 0 aliphatic rings. The second-order valence-corrected chi connectivity index (χ2v) is 6.75. The summed E-state index contributed by atoms with van der Waals surface area (Å²) in [5.41, 5.74) is 10.1. The van der Waals surface area contributed by atoms with Crippen molar-refractivity contribution in [1.82, 2.24) is 0 Å². The van der Waals surface area contributed by atoms with Crippen molar-refractivity contribution in [2.24, 2.45) is 5.73 Å². The third-order valence-corrected chi connectivity index (χ3v) is 4.45. The van der Waals surface area contributed by atoms with Gasteiger partial charge in [0, 0.05) is 5.02 Å². The fourth-order valence-corrected chi connectivity index (χ4v) is 2.70. The van der Waals surface area contributed by atoms with Gasteiger partial charge in [0.15, 0.2) is 0 Å². The van der Waals surface area contributed by atoms with Crippen LogP contribution in [-0.4, -0.2) is 22.4 Å². The Bertz CT molecular complexity index is 946. The van der Waals surface area contributed by atoms with E-state index in [9.17, 15) is 18.3 Å². The largest absolute Gasteiger partial charge is 0.490 e. The lowest BCUT2D eigenvalue weighted by atomic mass is 9.95. The van der Waals surface area contributed by atoms with Gasteiger partial charge in [0.25, 0.3) is 0 Å². The van der Waals surface area contributed by atoms with Gasteiger partial charge in [0.1, 0.15) is 0 Å². The molecule has 3 aromatic carbocycles. The lowest BCUT2D eigenvalue weighted by Crippen LogP contribution is -2.21. The Morgan fingerprint density at radius 3 is 1.73 bits per heavy atom. The zero-order chi connectivity index (χ0) is 22.3. The molecule has 0 aliphatic heterocycles. The predicted octanol–water partition coefficient (Wildman–Crippen LogP) is 5.37. The number of hydrogen-bond donors (Lipinski definition) is 3. The molecule has 0 bridgehead atoms. The average molecular weight is 438 g/mol.